The molecule has 0 amide bonds. The minimum Gasteiger partial charge on any atom is -0.454 e. The Bertz CT molecular complexity index is 3420. The molecule has 332 valence electrons. The molecular formula is C64H54N2O2. The highest BCUT2D eigenvalue weighted by Crippen LogP contribution is 2.65. The van der Waals surface area contributed by atoms with E-state index in [0.717, 1.165) is 45.8 Å². The van der Waals surface area contributed by atoms with Gasteiger partial charge in [0.15, 0.2) is 17.3 Å². The van der Waals surface area contributed by atoms with E-state index >= 15 is 0 Å². The van der Waals surface area contributed by atoms with E-state index in [-0.39, 0.29) is 5.41 Å². The maximum Gasteiger partial charge on any atom is 0.172 e. The first-order valence-electron chi connectivity index (χ1n) is 24.6. The third-order valence-corrected chi connectivity index (χ3v) is 15.9. The van der Waals surface area contributed by atoms with Gasteiger partial charge in [0, 0.05) is 39.3 Å². The molecule has 2 saturated carbocycles. The van der Waals surface area contributed by atoms with E-state index in [1.165, 1.54) is 81.7 Å². The quantitative estimate of drug-likeness (QED) is 0.160. The normalized spacial score (nSPS) is 20.5. The molecule has 0 N–H and O–H groups in total. The van der Waals surface area contributed by atoms with Crippen molar-refractivity contribution in [2.45, 2.75) is 58.3 Å². The fourth-order valence-corrected chi connectivity index (χ4v) is 13.0. The van der Waals surface area contributed by atoms with E-state index in [0.29, 0.717) is 23.3 Å². The van der Waals surface area contributed by atoms with Gasteiger partial charge in [0.2, 0.25) is 0 Å². The monoisotopic (exact) mass is 882 g/mol. The summed E-state index contributed by atoms with van der Waals surface area (Å²) >= 11 is 0. The van der Waals surface area contributed by atoms with Gasteiger partial charge in [0.1, 0.15) is 5.76 Å². The molecule has 2 heterocycles. The second-order valence-electron chi connectivity index (χ2n) is 19.8. The van der Waals surface area contributed by atoms with Crippen LogP contribution < -0.4 is 14.4 Å². The van der Waals surface area contributed by atoms with Crippen LogP contribution >= 0.6 is 0 Å². The zero-order valence-electron chi connectivity index (χ0n) is 39.0. The number of hydrogen-bond donors (Lipinski definition) is 0. The Balaban J connectivity index is 0.848. The van der Waals surface area contributed by atoms with Gasteiger partial charge < -0.3 is 18.9 Å². The van der Waals surface area contributed by atoms with Crippen LogP contribution in [0.25, 0.3) is 55.3 Å². The minimum absolute atomic E-state index is 0.139. The maximum atomic E-state index is 6.87. The van der Waals surface area contributed by atoms with Gasteiger partial charge in [0.25, 0.3) is 0 Å². The van der Waals surface area contributed by atoms with Crippen molar-refractivity contribution in [3.8, 4) is 39.4 Å². The van der Waals surface area contributed by atoms with Crippen molar-refractivity contribution in [3.05, 3.63) is 222 Å². The van der Waals surface area contributed by atoms with E-state index in [1.54, 1.807) is 11.1 Å². The largest absolute Gasteiger partial charge is 0.454 e. The Hall–Kier alpha value is -7.56. The highest BCUT2D eigenvalue weighted by molar-refractivity contribution is 6.09. The second-order valence-corrected chi connectivity index (χ2v) is 19.8. The van der Waals surface area contributed by atoms with Crippen LogP contribution in [0.5, 0.6) is 11.5 Å². The molecule has 0 radical (unpaired) electrons. The predicted molar refractivity (Wildman–Crippen MR) is 280 cm³/mol. The smallest absolute Gasteiger partial charge is 0.172 e. The van der Waals surface area contributed by atoms with Gasteiger partial charge in [-0.25, -0.2) is 0 Å². The zero-order chi connectivity index (χ0) is 45.5. The molecule has 4 aliphatic rings. The Morgan fingerprint density at radius 3 is 1.90 bits per heavy atom. The van der Waals surface area contributed by atoms with E-state index in [2.05, 4.69) is 211 Å². The van der Waals surface area contributed by atoms with Gasteiger partial charge in [-0.15, -0.1) is 0 Å². The van der Waals surface area contributed by atoms with Crippen molar-refractivity contribution >= 4 is 44.4 Å². The number of allylic oxidation sites excluding steroid dienone is 3. The van der Waals surface area contributed by atoms with Gasteiger partial charge >= 0.3 is 0 Å². The van der Waals surface area contributed by atoms with Crippen LogP contribution in [0.3, 0.4) is 0 Å². The van der Waals surface area contributed by atoms with Crippen molar-refractivity contribution in [2.24, 2.45) is 17.8 Å². The van der Waals surface area contributed by atoms with Crippen LogP contribution in [0.15, 0.2) is 206 Å². The van der Waals surface area contributed by atoms with E-state index in [1.807, 2.05) is 13.0 Å². The highest BCUT2D eigenvalue weighted by Gasteiger charge is 2.57. The molecule has 13 rings (SSSR count). The number of fused-ring (bicyclic) bond motifs is 7. The Labute approximate surface area is 399 Å². The molecule has 3 aliphatic carbocycles. The molecule has 2 unspecified atom stereocenters. The fraction of sp³-hybridized carbons (Fsp3) is 0.188. The summed E-state index contributed by atoms with van der Waals surface area (Å²) in [6.45, 7) is 6.69. The first-order chi connectivity index (χ1) is 33.4. The second kappa shape index (κ2) is 16.1. The number of hydrogen-bond acceptors (Lipinski definition) is 3. The number of para-hydroxylation sites is 2. The lowest BCUT2D eigenvalue weighted by Crippen LogP contribution is -2.49. The third-order valence-electron chi connectivity index (χ3n) is 15.9. The minimum atomic E-state index is 0.139. The first kappa shape index (κ1) is 40.7. The summed E-state index contributed by atoms with van der Waals surface area (Å²) in [7, 11) is 0. The Morgan fingerprint density at radius 1 is 0.574 bits per heavy atom. The summed E-state index contributed by atoms with van der Waals surface area (Å²) < 4.78 is 15.8. The van der Waals surface area contributed by atoms with Crippen molar-refractivity contribution in [3.63, 3.8) is 0 Å². The molecule has 0 saturated heterocycles. The van der Waals surface area contributed by atoms with Crippen molar-refractivity contribution in [1.29, 1.82) is 0 Å². The number of anilines is 3. The zero-order valence-corrected chi connectivity index (χ0v) is 39.0. The number of benzene rings is 8. The first-order valence-corrected chi connectivity index (χ1v) is 24.6. The van der Waals surface area contributed by atoms with Crippen LogP contribution in [0, 0.1) is 17.8 Å². The van der Waals surface area contributed by atoms with Crippen LogP contribution in [-0.4, -0.2) is 4.57 Å². The molecule has 68 heavy (non-hydrogen) atoms. The summed E-state index contributed by atoms with van der Waals surface area (Å²) in [6, 6.07) is 68.5. The van der Waals surface area contributed by atoms with E-state index in [9.17, 15) is 0 Å². The van der Waals surface area contributed by atoms with Crippen LogP contribution in [0.1, 0.15) is 69.6 Å². The van der Waals surface area contributed by atoms with Gasteiger partial charge in [-0.05, 0) is 175 Å². The third kappa shape index (κ3) is 6.41. The lowest BCUT2D eigenvalue weighted by Gasteiger charge is -2.54. The summed E-state index contributed by atoms with van der Waals surface area (Å²) in [5.74, 6) is 5.05. The average molecular weight is 883 g/mol. The predicted octanol–water partition coefficient (Wildman–Crippen LogP) is 17.1. The molecule has 8 aromatic carbocycles. The summed E-state index contributed by atoms with van der Waals surface area (Å²) in [5, 5.41) is 2.50. The van der Waals surface area contributed by atoms with Crippen LogP contribution in [0.4, 0.5) is 17.1 Å². The van der Waals surface area contributed by atoms with E-state index < -0.39 is 0 Å². The number of ether oxygens (including phenoxy) is 2. The SMILES string of the molecule is CC1=C(/C=C(\C)c2ccc3c(c2)-c2ccccc2C32C3CCCC2CC(C)C3)Oc2cc(N(c3ccc(-c4ccccc4)cc3)c3ccc(-n4c5ccccc5c5ccccc54)cc3)ccc2O1. The molecule has 4 nitrogen and oxygen atoms in total. The van der Waals surface area contributed by atoms with Gasteiger partial charge in [-0.2, -0.15) is 0 Å². The molecular weight excluding hydrogens is 829 g/mol. The van der Waals surface area contributed by atoms with Crippen molar-refractivity contribution in [1.82, 2.24) is 4.57 Å². The number of rotatable bonds is 7. The molecule has 2 bridgehead atoms. The van der Waals surface area contributed by atoms with Gasteiger partial charge in [0.05, 0.1) is 16.7 Å². The summed E-state index contributed by atoms with van der Waals surface area (Å²) in [6.07, 6.45) is 8.84. The molecule has 4 heteroatoms. The molecule has 1 aromatic heterocycles. The maximum absolute atomic E-state index is 6.87. The lowest BCUT2D eigenvalue weighted by atomic mass is 9.49. The van der Waals surface area contributed by atoms with Gasteiger partial charge in [-0.3, -0.25) is 0 Å². The van der Waals surface area contributed by atoms with E-state index in [4.69, 9.17) is 9.47 Å². The Kier molecular flexibility index (Phi) is 9.61. The molecule has 1 aliphatic heterocycles. The van der Waals surface area contributed by atoms with Crippen molar-refractivity contribution in [2.75, 3.05) is 4.90 Å². The summed E-state index contributed by atoms with van der Waals surface area (Å²) in [5.41, 5.74) is 17.4. The summed E-state index contributed by atoms with van der Waals surface area (Å²) in [4.78, 5) is 2.30. The molecule has 9 aromatic rings. The lowest BCUT2D eigenvalue weighted by molar-refractivity contribution is 0.0564. The number of aromatic nitrogens is 1. The van der Waals surface area contributed by atoms with Crippen LogP contribution in [0.2, 0.25) is 0 Å². The fourth-order valence-electron chi connectivity index (χ4n) is 13.0. The van der Waals surface area contributed by atoms with Gasteiger partial charge in [-0.1, -0.05) is 129 Å². The Morgan fingerprint density at radius 2 is 1.18 bits per heavy atom. The number of nitrogens with zero attached hydrogens (tertiary/aromatic N) is 2. The average Bonchev–Trinajstić information content (AvgIpc) is 3.86. The highest BCUT2D eigenvalue weighted by atomic mass is 16.6. The molecule has 1 spiro atoms. The topological polar surface area (TPSA) is 26.6 Å². The molecule has 2 atom stereocenters. The molecule has 2 fully saturated rings. The standard InChI is InChI=1S/C64H54N2O2/c1-41-36-47-16-13-17-48(37-41)64(47)57-21-10-7-18-53(57)56-39-46(26-34-58(56)64)42(2)38-62-43(3)67-61-35-33-52(40-63(61)68-62)65(49-27-24-45(25-28-49)44-14-5-4-6-15-44)50-29-31-51(32-30-50)66-59-22-11-8-19-54(59)55-20-9-12-23-60(55)66/h4-12,14-15,18-35,38-41,47-48H,13,16-17,36-37H2,1-3H3/b42-38+. The van der Waals surface area contributed by atoms with Crippen molar-refractivity contribution < 1.29 is 9.47 Å². The van der Waals surface area contributed by atoms with Crippen LogP contribution in [-0.2, 0) is 5.41 Å².